The lowest BCUT2D eigenvalue weighted by molar-refractivity contribution is -0.123. The fraction of sp³-hybridized carbons (Fsp3) is 0.364. The normalized spacial score (nSPS) is 18.8. The Kier molecular flexibility index (Phi) is 2.49. The molecule has 0 fully saturated rings. The van der Waals surface area contributed by atoms with Gasteiger partial charge >= 0.3 is 0 Å². The molecular formula is C11H13NO3. The van der Waals surface area contributed by atoms with Crippen LogP contribution >= 0.6 is 0 Å². The van der Waals surface area contributed by atoms with Crippen molar-refractivity contribution in [3.05, 3.63) is 18.2 Å². The molecule has 0 bridgehead atoms. The Morgan fingerprint density at radius 3 is 3.00 bits per heavy atom. The van der Waals surface area contributed by atoms with E-state index in [1.54, 1.807) is 25.3 Å². The van der Waals surface area contributed by atoms with E-state index in [2.05, 4.69) is 5.32 Å². The molecule has 80 valence electrons. The van der Waals surface area contributed by atoms with Crippen LogP contribution in [0.3, 0.4) is 0 Å². The summed E-state index contributed by atoms with van der Waals surface area (Å²) in [6.45, 7) is 1.91. The quantitative estimate of drug-likeness (QED) is 0.804. The highest BCUT2D eigenvalue weighted by atomic mass is 16.5. The highest BCUT2D eigenvalue weighted by molar-refractivity contribution is 5.97. The van der Waals surface area contributed by atoms with Gasteiger partial charge in [-0.2, -0.15) is 0 Å². The molecule has 0 aromatic heterocycles. The Morgan fingerprint density at radius 1 is 1.53 bits per heavy atom. The SMILES string of the molecule is CCC1Oc2cc(OC)ccc2NC1=O. The van der Waals surface area contributed by atoms with Gasteiger partial charge in [-0.1, -0.05) is 6.92 Å². The van der Waals surface area contributed by atoms with E-state index in [0.29, 0.717) is 17.9 Å². The molecule has 0 saturated heterocycles. The summed E-state index contributed by atoms with van der Waals surface area (Å²) >= 11 is 0. The highest BCUT2D eigenvalue weighted by Crippen LogP contribution is 2.33. The van der Waals surface area contributed by atoms with Gasteiger partial charge in [0.2, 0.25) is 0 Å². The van der Waals surface area contributed by atoms with Crippen LogP contribution in [0.1, 0.15) is 13.3 Å². The lowest BCUT2D eigenvalue weighted by Gasteiger charge is -2.25. The van der Waals surface area contributed by atoms with Gasteiger partial charge in [-0.25, -0.2) is 0 Å². The van der Waals surface area contributed by atoms with Gasteiger partial charge < -0.3 is 14.8 Å². The number of hydrogen-bond donors (Lipinski definition) is 1. The summed E-state index contributed by atoms with van der Waals surface area (Å²) in [5.74, 6) is 1.30. The van der Waals surface area contributed by atoms with Crippen LogP contribution in [0, 0.1) is 0 Å². The number of nitrogens with one attached hydrogen (secondary N) is 1. The second-order valence-corrected chi connectivity index (χ2v) is 3.37. The summed E-state index contributed by atoms with van der Waals surface area (Å²) in [4.78, 5) is 11.5. The zero-order chi connectivity index (χ0) is 10.8. The minimum Gasteiger partial charge on any atom is -0.497 e. The van der Waals surface area contributed by atoms with Crippen LogP contribution in [0.15, 0.2) is 18.2 Å². The Labute approximate surface area is 88.2 Å². The summed E-state index contributed by atoms with van der Waals surface area (Å²) in [5, 5.41) is 2.79. The number of benzene rings is 1. The molecule has 4 heteroatoms. The number of methoxy groups -OCH3 is 1. The molecule has 4 nitrogen and oxygen atoms in total. The molecule has 1 heterocycles. The second kappa shape index (κ2) is 3.81. The van der Waals surface area contributed by atoms with Gasteiger partial charge in [0.1, 0.15) is 11.5 Å². The number of carbonyl (C=O) groups is 1. The zero-order valence-electron chi connectivity index (χ0n) is 8.74. The van der Waals surface area contributed by atoms with E-state index in [1.807, 2.05) is 6.92 Å². The van der Waals surface area contributed by atoms with Crippen molar-refractivity contribution in [3.63, 3.8) is 0 Å². The molecule has 1 aromatic carbocycles. The first kappa shape index (κ1) is 9.83. The number of carbonyl (C=O) groups excluding carboxylic acids is 1. The highest BCUT2D eigenvalue weighted by Gasteiger charge is 2.25. The number of ether oxygens (including phenoxy) is 2. The molecule has 1 atom stereocenters. The lowest BCUT2D eigenvalue weighted by atomic mass is 10.2. The van der Waals surface area contributed by atoms with E-state index >= 15 is 0 Å². The molecule has 15 heavy (non-hydrogen) atoms. The fourth-order valence-electron chi connectivity index (χ4n) is 1.52. The van der Waals surface area contributed by atoms with Crippen molar-refractivity contribution >= 4 is 11.6 Å². The third-order valence-electron chi connectivity index (χ3n) is 2.38. The van der Waals surface area contributed by atoms with Gasteiger partial charge in [-0.15, -0.1) is 0 Å². The maximum absolute atomic E-state index is 11.5. The summed E-state index contributed by atoms with van der Waals surface area (Å²) in [6.07, 6.45) is 0.257. The number of fused-ring (bicyclic) bond motifs is 1. The van der Waals surface area contributed by atoms with Crippen molar-refractivity contribution in [2.75, 3.05) is 12.4 Å². The molecule has 0 radical (unpaired) electrons. The maximum Gasteiger partial charge on any atom is 0.265 e. The fourth-order valence-corrected chi connectivity index (χ4v) is 1.52. The summed E-state index contributed by atoms with van der Waals surface area (Å²) < 4.78 is 10.6. The zero-order valence-corrected chi connectivity index (χ0v) is 8.74. The molecule has 0 spiro atoms. The Hall–Kier alpha value is -1.71. The van der Waals surface area contributed by atoms with E-state index in [1.165, 1.54) is 0 Å². The Balaban J connectivity index is 2.33. The van der Waals surface area contributed by atoms with Crippen molar-refractivity contribution < 1.29 is 14.3 Å². The smallest absolute Gasteiger partial charge is 0.265 e. The van der Waals surface area contributed by atoms with Crippen LogP contribution in [0.2, 0.25) is 0 Å². The minimum atomic E-state index is -0.399. The van der Waals surface area contributed by atoms with Crippen molar-refractivity contribution in [2.45, 2.75) is 19.4 Å². The first-order chi connectivity index (χ1) is 7.24. The van der Waals surface area contributed by atoms with Crippen LogP contribution in [0.4, 0.5) is 5.69 Å². The summed E-state index contributed by atoms with van der Waals surface area (Å²) in [7, 11) is 1.60. The Bertz CT molecular complexity index is 389. The first-order valence-corrected chi connectivity index (χ1v) is 4.90. The topological polar surface area (TPSA) is 47.6 Å². The molecule has 2 rings (SSSR count). The van der Waals surface area contributed by atoms with Gasteiger partial charge in [0.05, 0.1) is 12.8 Å². The van der Waals surface area contributed by atoms with Crippen molar-refractivity contribution in [1.29, 1.82) is 0 Å². The average Bonchev–Trinajstić information content (AvgIpc) is 2.27. The van der Waals surface area contributed by atoms with E-state index in [-0.39, 0.29) is 5.91 Å². The molecule has 0 saturated carbocycles. The molecule has 1 aromatic rings. The number of amides is 1. The molecule has 0 aliphatic carbocycles. The van der Waals surface area contributed by atoms with Gasteiger partial charge in [0.25, 0.3) is 5.91 Å². The molecule has 1 N–H and O–H groups in total. The number of rotatable bonds is 2. The third-order valence-corrected chi connectivity index (χ3v) is 2.38. The molecule has 1 aliphatic rings. The predicted molar refractivity (Wildman–Crippen MR) is 56.3 cm³/mol. The molecule has 1 amide bonds. The minimum absolute atomic E-state index is 0.0878. The van der Waals surface area contributed by atoms with E-state index in [4.69, 9.17) is 9.47 Å². The van der Waals surface area contributed by atoms with Crippen LogP contribution in [-0.2, 0) is 4.79 Å². The summed E-state index contributed by atoms with van der Waals surface area (Å²) in [6, 6.07) is 5.34. The van der Waals surface area contributed by atoms with E-state index < -0.39 is 6.10 Å². The van der Waals surface area contributed by atoms with Gasteiger partial charge in [0, 0.05) is 6.07 Å². The Morgan fingerprint density at radius 2 is 2.33 bits per heavy atom. The predicted octanol–water partition coefficient (Wildman–Crippen LogP) is 1.80. The van der Waals surface area contributed by atoms with Crippen LogP contribution in [0.5, 0.6) is 11.5 Å². The third kappa shape index (κ3) is 1.75. The van der Waals surface area contributed by atoms with Crippen LogP contribution < -0.4 is 14.8 Å². The first-order valence-electron chi connectivity index (χ1n) is 4.90. The average molecular weight is 207 g/mol. The largest absolute Gasteiger partial charge is 0.497 e. The molecule has 1 unspecified atom stereocenters. The molecular weight excluding hydrogens is 194 g/mol. The lowest BCUT2D eigenvalue weighted by Crippen LogP contribution is -2.36. The second-order valence-electron chi connectivity index (χ2n) is 3.37. The maximum atomic E-state index is 11.5. The van der Waals surface area contributed by atoms with Crippen molar-refractivity contribution in [3.8, 4) is 11.5 Å². The monoisotopic (exact) mass is 207 g/mol. The van der Waals surface area contributed by atoms with Gasteiger partial charge in [-0.3, -0.25) is 4.79 Å². The van der Waals surface area contributed by atoms with E-state index in [9.17, 15) is 4.79 Å². The van der Waals surface area contributed by atoms with Crippen molar-refractivity contribution in [2.24, 2.45) is 0 Å². The standard InChI is InChI=1S/C11H13NO3/c1-3-9-11(13)12-8-5-4-7(14-2)6-10(8)15-9/h4-6,9H,3H2,1-2H3,(H,12,13). The van der Waals surface area contributed by atoms with Crippen LogP contribution in [0.25, 0.3) is 0 Å². The number of hydrogen-bond acceptors (Lipinski definition) is 3. The van der Waals surface area contributed by atoms with Crippen molar-refractivity contribution in [1.82, 2.24) is 0 Å². The van der Waals surface area contributed by atoms with Gasteiger partial charge in [-0.05, 0) is 18.6 Å². The van der Waals surface area contributed by atoms with Crippen LogP contribution in [-0.4, -0.2) is 19.1 Å². The number of anilines is 1. The summed E-state index contributed by atoms with van der Waals surface area (Å²) in [5.41, 5.74) is 0.700. The van der Waals surface area contributed by atoms with Gasteiger partial charge in [0.15, 0.2) is 6.10 Å². The van der Waals surface area contributed by atoms with E-state index in [0.717, 1.165) is 5.75 Å². The molecule has 1 aliphatic heterocycles.